The summed E-state index contributed by atoms with van der Waals surface area (Å²) in [7, 11) is 0. The fraction of sp³-hybridized carbons (Fsp3) is 0.571. The molecule has 0 aromatic heterocycles. The lowest BCUT2D eigenvalue weighted by Crippen LogP contribution is -2.72. The van der Waals surface area contributed by atoms with Crippen LogP contribution in [0.5, 0.6) is 0 Å². The Labute approximate surface area is 89.9 Å². The van der Waals surface area contributed by atoms with Crippen LogP contribution in [0.1, 0.15) is 6.42 Å². The highest BCUT2D eigenvalue weighted by atomic mass is 32.2. The number of nitrogens with one attached hydrogen (secondary N) is 3. The van der Waals surface area contributed by atoms with Gasteiger partial charge in [-0.1, -0.05) is 0 Å². The van der Waals surface area contributed by atoms with E-state index in [1.807, 2.05) is 10.6 Å². The third-order valence-electron chi connectivity index (χ3n) is 2.10. The Morgan fingerprint density at radius 2 is 1.87 bits per heavy atom. The van der Waals surface area contributed by atoms with E-state index in [0.717, 1.165) is 0 Å². The van der Waals surface area contributed by atoms with Crippen LogP contribution in [0.15, 0.2) is 0 Å². The van der Waals surface area contributed by atoms with Crippen molar-refractivity contribution < 1.29 is 19.6 Å². The van der Waals surface area contributed by atoms with Gasteiger partial charge >= 0.3 is 6.03 Å². The number of hydrogen-bond acceptors (Lipinski definition) is 6. The zero-order valence-corrected chi connectivity index (χ0v) is 8.81. The Morgan fingerprint density at radius 3 is 2.27 bits per heavy atom. The molecule has 0 spiro atoms. The van der Waals surface area contributed by atoms with Crippen LogP contribution in [-0.4, -0.2) is 40.6 Å². The molecule has 4 amide bonds. The maximum absolute atomic E-state index is 11.4. The van der Waals surface area contributed by atoms with Crippen molar-refractivity contribution in [2.45, 2.75) is 12.0 Å². The summed E-state index contributed by atoms with van der Waals surface area (Å²) in [6.45, 7) is 0. The summed E-state index contributed by atoms with van der Waals surface area (Å²) in [4.78, 5) is 33.7. The molecule has 84 valence electrons. The van der Waals surface area contributed by atoms with Gasteiger partial charge in [0, 0.05) is 0 Å². The van der Waals surface area contributed by atoms with Crippen molar-refractivity contribution in [2.24, 2.45) is 0 Å². The van der Waals surface area contributed by atoms with E-state index >= 15 is 0 Å². The number of hydrogen-bond donors (Lipinski definition) is 4. The Bertz CT molecular complexity index is 287. The van der Waals surface area contributed by atoms with Crippen molar-refractivity contribution in [1.29, 1.82) is 0 Å². The maximum Gasteiger partial charge on any atom is 0.328 e. The highest BCUT2D eigenvalue weighted by molar-refractivity contribution is 7.98. The zero-order chi connectivity index (χ0) is 11.5. The average molecular weight is 233 g/mol. The van der Waals surface area contributed by atoms with Crippen LogP contribution in [-0.2, 0) is 9.59 Å². The SMILES string of the molecule is CSCCC1(NO)C(=O)NC(=O)NC1=O. The maximum atomic E-state index is 11.4. The van der Waals surface area contributed by atoms with Gasteiger partial charge in [-0.05, 0) is 18.4 Å². The van der Waals surface area contributed by atoms with Crippen LogP contribution < -0.4 is 16.1 Å². The van der Waals surface area contributed by atoms with Gasteiger partial charge in [-0.25, -0.2) is 4.79 Å². The highest BCUT2D eigenvalue weighted by Crippen LogP contribution is 2.16. The van der Waals surface area contributed by atoms with Crippen LogP contribution in [0.4, 0.5) is 4.79 Å². The highest BCUT2D eigenvalue weighted by Gasteiger charge is 2.49. The Balaban J connectivity index is 2.89. The summed E-state index contributed by atoms with van der Waals surface area (Å²) in [5.41, 5.74) is -0.0843. The van der Waals surface area contributed by atoms with E-state index in [1.54, 1.807) is 11.7 Å². The van der Waals surface area contributed by atoms with Crippen LogP contribution in [0.3, 0.4) is 0 Å². The first kappa shape index (κ1) is 12.0. The first-order valence-electron chi connectivity index (χ1n) is 4.14. The van der Waals surface area contributed by atoms with Gasteiger partial charge in [-0.15, -0.1) is 0 Å². The summed E-state index contributed by atoms with van der Waals surface area (Å²) in [6.07, 6.45) is 1.89. The Hall–Kier alpha value is -1.12. The number of amides is 4. The minimum atomic E-state index is -1.77. The molecule has 0 bridgehead atoms. The number of urea groups is 1. The van der Waals surface area contributed by atoms with Gasteiger partial charge in [-0.3, -0.25) is 20.2 Å². The Kier molecular flexibility index (Phi) is 3.66. The molecule has 0 saturated carbocycles. The summed E-state index contributed by atoms with van der Waals surface area (Å²) in [6, 6.07) is -0.875. The van der Waals surface area contributed by atoms with Gasteiger partial charge in [0.1, 0.15) is 0 Å². The van der Waals surface area contributed by atoms with Crippen molar-refractivity contribution in [2.75, 3.05) is 12.0 Å². The summed E-state index contributed by atoms with van der Waals surface area (Å²) in [5, 5.41) is 12.7. The van der Waals surface area contributed by atoms with Crippen LogP contribution in [0, 0.1) is 0 Å². The van der Waals surface area contributed by atoms with E-state index < -0.39 is 23.4 Å². The number of thioether (sulfide) groups is 1. The third kappa shape index (κ3) is 2.11. The Morgan fingerprint density at radius 1 is 1.33 bits per heavy atom. The number of carbonyl (C=O) groups is 3. The fourth-order valence-electron chi connectivity index (χ4n) is 1.19. The summed E-state index contributed by atoms with van der Waals surface area (Å²) >= 11 is 1.42. The predicted molar refractivity (Wildman–Crippen MR) is 52.3 cm³/mol. The average Bonchev–Trinajstić information content (AvgIpc) is 2.17. The fourth-order valence-corrected chi connectivity index (χ4v) is 1.70. The van der Waals surface area contributed by atoms with E-state index in [2.05, 4.69) is 0 Å². The zero-order valence-electron chi connectivity index (χ0n) is 7.99. The first-order chi connectivity index (χ1) is 7.06. The monoisotopic (exact) mass is 233 g/mol. The van der Waals surface area contributed by atoms with E-state index in [4.69, 9.17) is 5.21 Å². The second kappa shape index (κ2) is 4.60. The van der Waals surface area contributed by atoms with E-state index in [1.165, 1.54) is 11.8 Å². The van der Waals surface area contributed by atoms with Crippen LogP contribution >= 0.6 is 11.8 Å². The molecule has 1 saturated heterocycles. The molecule has 0 atom stereocenters. The van der Waals surface area contributed by atoms with Gasteiger partial charge in [-0.2, -0.15) is 17.2 Å². The third-order valence-corrected chi connectivity index (χ3v) is 2.71. The molecule has 4 N–H and O–H groups in total. The minimum absolute atomic E-state index is 0.0929. The lowest BCUT2D eigenvalue weighted by Gasteiger charge is -2.32. The van der Waals surface area contributed by atoms with Crippen molar-refractivity contribution >= 4 is 29.6 Å². The molecule has 7 nitrogen and oxygen atoms in total. The molecule has 1 rings (SSSR count). The second-order valence-corrected chi connectivity index (χ2v) is 3.98. The lowest BCUT2D eigenvalue weighted by atomic mass is 9.93. The lowest BCUT2D eigenvalue weighted by molar-refractivity contribution is -0.145. The minimum Gasteiger partial charge on any atom is -0.315 e. The standard InChI is InChI=1S/C7H11N3O4S/c1-15-3-2-7(10-14)4(11)8-6(13)9-5(7)12/h10,14H,2-3H2,1H3,(H2,8,9,11,12,13). The quantitative estimate of drug-likeness (QED) is 0.360. The predicted octanol–water partition coefficient (Wildman–Crippen LogP) is -1.18. The molecule has 8 heteroatoms. The smallest absolute Gasteiger partial charge is 0.315 e. The van der Waals surface area contributed by atoms with E-state index in [9.17, 15) is 14.4 Å². The molecule has 1 heterocycles. The molecule has 0 unspecified atom stereocenters. The molecule has 1 fully saturated rings. The number of imide groups is 2. The number of hydroxylamine groups is 1. The number of barbiturate groups is 1. The molecule has 0 aromatic carbocycles. The molecule has 0 aliphatic carbocycles. The molecular formula is C7H11N3O4S. The van der Waals surface area contributed by atoms with Gasteiger partial charge in [0.15, 0.2) is 0 Å². The van der Waals surface area contributed by atoms with Crippen molar-refractivity contribution in [3.8, 4) is 0 Å². The van der Waals surface area contributed by atoms with Crippen molar-refractivity contribution in [3.05, 3.63) is 0 Å². The van der Waals surface area contributed by atoms with Gasteiger partial charge in [0.2, 0.25) is 5.54 Å². The molecule has 0 radical (unpaired) electrons. The molecule has 0 aromatic rings. The van der Waals surface area contributed by atoms with Gasteiger partial charge in [0.25, 0.3) is 11.8 Å². The molecular weight excluding hydrogens is 222 g/mol. The van der Waals surface area contributed by atoms with Crippen molar-refractivity contribution in [1.82, 2.24) is 16.1 Å². The van der Waals surface area contributed by atoms with E-state index in [0.29, 0.717) is 5.75 Å². The van der Waals surface area contributed by atoms with Crippen molar-refractivity contribution in [3.63, 3.8) is 0 Å². The largest absolute Gasteiger partial charge is 0.328 e. The topological polar surface area (TPSA) is 108 Å². The van der Waals surface area contributed by atoms with Crippen LogP contribution in [0.2, 0.25) is 0 Å². The van der Waals surface area contributed by atoms with Gasteiger partial charge in [0.05, 0.1) is 0 Å². The number of rotatable bonds is 4. The first-order valence-corrected chi connectivity index (χ1v) is 5.53. The molecule has 15 heavy (non-hydrogen) atoms. The summed E-state index contributed by atoms with van der Waals surface area (Å²) in [5.74, 6) is -1.19. The second-order valence-electron chi connectivity index (χ2n) is 3.00. The summed E-state index contributed by atoms with van der Waals surface area (Å²) < 4.78 is 0. The molecule has 1 aliphatic heterocycles. The van der Waals surface area contributed by atoms with E-state index in [-0.39, 0.29) is 6.42 Å². The van der Waals surface area contributed by atoms with Gasteiger partial charge < -0.3 is 5.21 Å². The van der Waals surface area contributed by atoms with Crippen LogP contribution in [0.25, 0.3) is 0 Å². The molecule has 1 aliphatic rings. The number of carbonyl (C=O) groups excluding carboxylic acids is 3. The normalized spacial score (nSPS) is 19.7.